The SMILES string of the molecule is O=C1Nc2nc(Cl)ccc2[C@]12N[C@@H](CCO)[C@@H]([N+](=O)[O-])[C@@H]2c1cccc(Cl)c1F. The molecular weight excluding hydrogens is 426 g/mol. The summed E-state index contributed by atoms with van der Waals surface area (Å²) in [6.07, 6.45) is -0.00425. The molecule has 1 spiro atoms. The molecule has 0 radical (unpaired) electrons. The molecule has 0 saturated carbocycles. The van der Waals surface area contributed by atoms with E-state index in [1.54, 1.807) is 0 Å². The van der Waals surface area contributed by atoms with E-state index in [9.17, 15) is 20.0 Å². The second-order valence-electron chi connectivity index (χ2n) is 6.95. The van der Waals surface area contributed by atoms with Gasteiger partial charge >= 0.3 is 0 Å². The van der Waals surface area contributed by atoms with E-state index < -0.39 is 40.2 Å². The highest BCUT2D eigenvalue weighted by Gasteiger charge is 2.67. The molecule has 2 aliphatic rings. The fourth-order valence-electron chi connectivity index (χ4n) is 4.41. The summed E-state index contributed by atoms with van der Waals surface area (Å²) >= 11 is 11.9. The van der Waals surface area contributed by atoms with Crippen molar-refractivity contribution >= 4 is 34.9 Å². The third-order valence-electron chi connectivity index (χ3n) is 5.51. The number of nitrogens with zero attached hydrogens (tertiary/aromatic N) is 2. The maximum Gasteiger partial charge on any atom is 0.251 e. The quantitative estimate of drug-likeness (QED) is 0.381. The minimum absolute atomic E-state index is 0.00425. The van der Waals surface area contributed by atoms with E-state index in [-0.39, 0.29) is 34.6 Å². The fraction of sp³-hybridized carbons (Fsp3) is 0.333. The van der Waals surface area contributed by atoms with E-state index >= 15 is 4.39 Å². The molecule has 0 aliphatic carbocycles. The maximum atomic E-state index is 15.0. The Labute approximate surface area is 174 Å². The van der Waals surface area contributed by atoms with Gasteiger partial charge in [-0.2, -0.15) is 0 Å². The molecule has 2 aliphatic heterocycles. The van der Waals surface area contributed by atoms with Crippen molar-refractivity contribution < 1.29 is 19.2 Å². The van der Waals surface area contributed by atoms with Crippen LogP contribution in [-0.4, -0.2) is 39.6 Å². The number of nitro groups is 1. The van der Waals surface area contributed by atoms with E-state index in [1.165, 1.54) is 30.3 Å². The number of fused-ring (bicyclic) bond motifs is 2. The monoisotopic (exact) mass is 440 g/mol. The normalized spacial score (nSPS) is 27.9. The second-order valence-corrected chi connectivity index (χ2v) is 7.75. The van der Waals surface area contributed by atoms with Crippen LogP contribution in [0.15, 0.2) is 30.3 Å². The number of aliphatic hydroxyl groups is 1. The molecule has 1 aromatic heterocycles. The van der Waals surface area contributed by atoms with Gasteiger partial charge in [-0.15, -0.1) is 0 Å². The first-order valence-corrected chi connectivity index (χ1v) is 9.51. The molecular formula is C18H15Cl2FN4O4. The van der Waals surface area contributed by atoms with Gasteiger partial charge in [-0.05, 0) is 24.6 Å². The smallest absolute Gasteiger partial charge is 0.251 e. The predicted molar refractivity (Wildman–Crippen MR) is 103 cm³/mol. The molecule has 1 aromatic carbocycles. The van der Waals surface area contributed by atoms with Crippen LogP contribution < -0.4 is 10.6 Å². The molecule has 0 bridgehead atoms. The van der Waals surface area contributed by atoms with Crippen LogP contribution in [0.3, 0.4) is 0 Å². The number of hydrogen-bond acceptors (Lipinski definition) is 6. The van der Waals surface area contributed by atoms with Crippen LogP contribution in [0.5, 0.6) is 0 Å². The molecule has 4 rings (SSSR count). The Morgan fingerprint density at radius 1 is 1.31 bits per heavy atom. The Morgan fingerprint density at radius 3 is 2.76 bits per heavy atom. The zero-order chi connectivity index (χ0) is 20.9. The number of benzene rings is 1. The van der Waals surface area contributed by atoms with Gasteiger partial charge in [-0.1, -0.05) is 35.3 Å². The summed E-state index contributed by atoms with van der Waals surface area (Å²) in [5, 5.41) is 27.0. The van der Waals surface area contributed by atoms with Gasteiger partial charge in [0.25, 0.3) is 5.91 Å². The lowest BCUT2D eigenvalue weighted by Crippen LogP contribution is -2.49. The highest BCUT2D eigenvalue weighted by molar-refractivity contribution is 6.30. The van der Waals surface area contributed by atoms with Crippen molar-refractivity contribution in [2.24, 2.45) is 0 Å². The molecule has 1 amide bonds. The van der Waals surface area contributed by atoms with Crippen LogP contribution >= 0.6 is 23.2 Å². The van der Waals surface area contributed by atoms with Crippen LogP contribution in [0.1, 0.15) is 23.5 Å². The van der Waals surface area contributed by atoms with Crippen molar-refractivity contribution in [3.05, 3.63) is 67.6 Å². The fourth-order valence-corrected chi connectivity index (χ4v) is 4.74. The third kappa shape index (κ3) is 2.88. The van der Waals surface area contributed by atoms with Crippen molar-refractivity contribution in [3.63, 3.8) is 0 Å². The molecule has 0 unspecified atom stereocenters. The van der Waals surface area contributed by atoms with Crippen molar-refractivity contribution in [2.75, 3.05) is 11.9 Å². The van der Waals surface area contributed by atoms with Gasteiger partial charge in [-0.3, -0.25) is 20.2 Å². The zero-order valence-electron chi connectivity index (χ0n) is 14.7. The van der Waals surface area contributed by atoms with Crippen LogP contribution in [0.25, 0.3) is 0 Å². The molecule has 152 valence electrons. The summed E-state index contributed by atoms with van der Waals surface area (Å²) in [7, 11) is 0. The number of rotatable bonds is 4. The number of nitrogens with one attached hydrogen (secondary N) is 2. The largest absolute Gasteiger partial charge is 0.396 e. The van der Waals surface area contributed by atoms with E-state index in [1.807, 2.05) is 0 Å². The van der Waals surface area contributed by atoms with Gasteiger partial charge in [0, 0.05) is 22.7 Å². The first-order valence-electron chi connectivity index (χ1n) is 8.75. The van der Waals surface area contributed by atoms with E-state index in [2.05, 4.69) is 15.6 Å². The Bertz CT molecular complexity index is 1020. The third-order valence-corrected chi connectivity index (χ3v) is 6.01. The lowest BCUT2D eigenvalue weighted by atomic mass is 9.74. The van der Waals surface area contributed by atoms with Gasteiger partial charge < -0.3 is 10.4 Å². The molecule has 3 heterocycles. The van der Waals surface area contributed by atoms with Crippen molar-refractivity contribution in [1.82, 2.24) is 10.3 Å². The number of pyridine rings is 1. The van der Waals surface area contributed by atoms with Gasteiger partial charge in [0.2, 0.25) is 6.04 Å². The highest BCUT2D eigenvalue weighted by Crippen LogP contribution is 2.53. The minimum Gasteiger partial charge on any atom is -0.396 e. The molecule has 3 N–H and O–H groups in total. The number of carbonyl (C=O) groups excluding carboxylic acids is 1. The summed E-state index contributed by atoms with van der Waals surface area (Å²) in [5.74, 6) is -2.54. The molecule has 2 aromatic rings. The summed E-state index contributed by atoms with van der Waals surface area (Å²) < 4.78 is 15.0. The van der Waals surface area contributed by atoms with E-state index in [0.717, 1.165) is 0 Å². The van der Waals surface area contributed by atoms with E-state index in [4.69, 9.17) is 23.2 Å². The van der Waals surface area contributed by atoms with Crippen molar-refractivity contribution in [1.29, 1.82) is 0 Å². The number of aromatic nitrogens is 1. The predicted octanol–water partition coefficient (Wildman–Crippen LogP) is 2.46. The van der Waals surface area contributed by atoms with Crippen molar-refractivity contribution in [3.8, 4) is 0 Å². The van der Waals surface area contributed by atoms with Crippen LogP contribution in [0.4, 0.5) is 10.2 Å². The van der Waals surface area contributed by atoms with Gasteiger partial charge in [0.05, 0.1) is 17.0 Å². The Hall–Kier alpha value is -2.33. The van der Waals surface area contributed by atoms with E-state index in [0.29, 0.717) is 5.56 Å². The number of halogens is 3. The summed E-state index contributed by atoms with van der Waals surface area (Å²) in [4.78, 5) is 28.7. The summed E-state index contributed by atoms with van der Waals surface area (Å²) in [5.41, 5.74) is -1.41. The Kier molecular flexibility index (Phi) is 4.94. The first kappa shape index (κ1) is 20.0. The number of hydrogen-bond donors (Lipinski definition) is 3. The average Bonchev–Trinajstić information content (AvgIpc) is 3.13. The summed E-state index contributed by atoms with van der Waals surface area (Å²) in [6, 6.07) is 4.86. The van der Waals surface area contributed by atoms with Crippen molar-refractivity contribution in [2.45, 2.75) is 30.0 Å². The van der Waals surface area contributed by atoms with Gasteiger partial charge in [0.1, 0.15) is 22.3 Å². The lowest BCUT2D eigenvalue weighted by Gasteiger charge is -2.29. The van der Waals surface area contributed by atoms with Gasteiger partial charge in [0.15, 0.2) is 0 Å². The molecule has 1 saturated heterocycles. The number of amides is 1. The minimum atomic E-state index is -1.67. The second kappa shape index (κ2) is 7.17. The average molecular weight is 441 g/mol. The lowest BCUT2D eigenvalue weighted by molar-refractivity contribution is -0.527. The maximum absolute atomic E-state index is 15.0. The number of anilines is 1. The van der Waals surface area contributed by atoms with Crippen LogP contribution in [0.2, 0.25) is 10.2 Å². The van der Waals surface area contributed by atoms with Crippen LogP contribution in [0, 0.1) is 15.9 Å². The first-order chi connectivity index (χ1) is 13.8. The standard InChI is InChI=1S/C18H15Cl2FN4O4/c19-10-3-1-2-8(14(10)21)13-15(25(28)29)11(6-7-26)24-18(13)9-4-5-12(20)22-16(9)23-17(18)27/h1-5,11,13,15,24,26H,6-7H2,(H,22,23,27)/t11-,13-,15+,18+/m0/s1. The van der Waals surface area contributed by atoms with Gasteiger partial charge in [-0.25, -0.2) is 9.37 Å². The molecule has 8 nitrogen and oxygen atoms in total. The Morgan fingerprint density at radius 2 is 2.07 bits per heavy atom. The summed E-state index contributed by atoms with van der Waals surface area (Å²) in [6.45, 7) is -0.351. The molecule has 29 heavy (non-hydrogen) atoms. The number of carbonyl (C=O) groups is 1. The topological polar surface area (TPSA) is 117 Å². The van der Waals surface area contributed by atoms with Crippen LogP contribution in [-0.2, 0) is 10.3 Å². The molecule has 1 fully saturated rings. The Balaban J connectivity index is 2.00. The zero-order valence-corrected chi connectivity index (χ0v) is 16.2. The molecule has 11 heteroatoms. The number of aliphatic hydroxyl groups excluding tert-OH is 1. The molecule has 4 atom stereocenters. The highest BCUT2D eigenvalue weighted by atomic mass is 35.5.